The number of aryl methyl sites for hydroxylation is 1. The fraction of sp³-hybridized carbons (Fsp3) is 0.526. The molecule has 146 valence electrons. The lowest BCUT2D eigenvalue weighted by Gasteiger charge is -2.35. The summed E-state index contributed by atoms with van der Waals surface area (Å²) in [6.07, 6.45) is 0.713. The van der Waals surface area contributed by atoms with Gasteiger partial charge in [0.1, 0.15) is 5.41 Å². The molecule has 1 aliphatic heterocycles. The summed E-state index contributed by atoms with van der Waals surface area (Å²) in [7, 11) is 0. The molecule has 1 heterocycles. The van der Waals surface area contributed by atoms with Crippen LogP contribution in [0, 0.1) is 12.3 Å². The highest BCUT2D eigenvalue weighted by atomic mass is 35.5. The zero-order valence-electron chi connectivity index (χ0n) is 15.6. The summed E-state index contributed by atoms with van der Waals surface area (Å²) in [4.78, 5) is 40.7. The van der Waals surface area contributed by atoms with Gasteiger partial charge in [0, 0.05) is 36.9 Å². The van der Waals surface area contributed by atoms with Gasteiger partial charge in [0.05, 0.1) is 6.61 Å². The number of hydrogen-bond acceptors (Lipinski definition) is 4. The zero-order chi connectivity index (χ0) is 19.6. The Morgan fingerprint density at radius 3 is 2.33 bits per heavy atom. The minimum absolute atomic E-state index is 0.165. The lowest BCUT2D eigenvalue weighted by Crippen LogP contribution is -2.53. The molecule has 0 spiro atoms. The Balaban J connectivity index is 1.60. The number of nitrogens with zero attached hydrogens (tertiary/aromatic N) is 2. The van der Waals surface area contributed by atoms with Crippen LogP contribution in [0.3, 0.4) is 0 Å². The molecule has 3 rings (SSSR count). The maximum Gasteiger partial charge on any atom is 0.409 e. The van der Waals surface area contributed by atoms with Crippen molar-refractivity contribution >= 4 is 35.2 Å². The van der Waals surface area contributed by atoms with Gasteiger partial charge in [-0.1, -0.05) is 17.7 Å². The van der Waals surface area contributed by atoms with Gasteiger partial charge in [-0.2, -0.15) is 0 Å². The van der Waals surface area contributed by atoms with Gasteiger partial charge in [-0.15, -0.1) is 0 Å². The van der Waals surface area contributed by atoms with Crippen molar-refractivity contribution in [2.75, 3.05) is 38.1 Å². The van der Waals surface area contributed by atoms with Crippen molar-refractivity contribution in [2.45, 2.75) is 26.7 Å². The number of piperazine rings is 1. The summed E-state index contributed by atoms with van der Waals surface area (Å²) in [5.74, 6) is -0.457. The van der Waals surface area contributed by atoms with Crippen LogP contribution in [0.4, 0.5) is 10.5 Å². The second-order valence-corrected chi connectivity index (χ2v) is 7.39. The maximum atomic E-state index is 12.9. The third kappa shape index (κ3) is 4.03. The number of halogens is 1. The van der Waals surface area contributed by atoms with E-state index in [1.54, 1.807) is 28.9 Å². The Bertz CT molecular complexity index is 755. The van der Waals surface area contributed by atoms with Crippen molar-refractivity contribution < 1.29 is 19.1 Å². The van der Waals surface area contributed by atoms with Gasteiger partial charge in [-0.05, 0) is 44.4 Å². The number of anilines is 1. The summed E-state index contributed by atoms with van der Waals surface area (Å²) >= 11 is 6.10. The molecule has 7 nitrogen and oxygen atoms in total. The highest BCUT2D eigenvalue weighted by molar-refractivity contribution is 6.31. The highest BCUT2D eigenvalue weighted by Crippen LogP contribution is 2.48. The van der Waals surface area contributed by atoms with Crippen LogP contribution in [0.25, 0.3) is 0 Å². The molecule has 1 aromatic rings. The molecule has 0 bridgehead atoms. The van der Waals surface area contributed by atoms with Crippen LogP contribution in [-0.4, -0.2) is 60.5 Å². The highest BCUT2D eigenvalue weighted by Gasteiger charge is 2.58. The van der Waals surface area contributed by atoms with E-state index in [4.69, 9.17) is 16.3 Å². The van der Waals surface area contributed by atoms with Crippen LogP contribution in [0.2, 0.25) is 5.02 Å². The van der Waals surface area contributed by atoms with E-state index < -0.39 is 5.41 Å². The predicted octanol–water partition coefficient (Wildman–Crippen LogP) is 2.67. The Kier molecular flexibility index (Phi) is 5.60. The molecule has 8 heteroatoms. The van der Waals surface area contributed by atoms with Gasteiger partial charge >= 0.3 is 6.09 Å². The molecular weight excluding hydrogens is 370 g/mol. The summed E-state index contributed by atoms with van der Waals surface area (Å²) in [5, 5.41) is 3.39. The van der Waals surface area contributed by atoms with E-state index >= 15 is 0 Å². The van der Waals surface area contributed by atoms with Crippen molar-refractivity contribution in [1.82, 2.24) is 9.80 Å². The summed E-state index contributed by atoms with van der Waals surface area (Å²) < 4.78 is 4.99. The van der Waals surface area contributed by atoms with Crippen molar-refractivity contribution in [3.05, 3.63) is 28.8 Å². The Hall–Kier alpha value is -2.28. The number of nitrogens with one attached hydrogen (secondary N) is 1. The van der Waals surface area contributed by atoms with Crippen molar-refractivity contribution in [1.29, 1.82) is 0 Å². The summed E-state index contributed by atoms with van der Waals surface area (Å²) in [5.41, 5.74) is 0.511. The number of carbonyl (C=O) groups excluding carboxylic acids is 3. The molecule has 0 atom stereocenters. The average Bonchev–Trinajstić information content (AvgIpc) is 3.46. The molecular formula is C19H24ClN3O4. The standard InChI is InChI=1S/C19H24ClN3O4/c1-3-27-18(26)23-10-8-22(9-11-23)17(25)19(6-7-19)16(24)21-14-5-4-13(2)15(20)12-14/h4-5,12H,3,6-11H2,1-2H3,(H,21,24). The van der Waals surface area contributed by atoms with E-state index in [1.165, 1.54) is 0 Å². The first-order valence-corrected chi connectivity index (χ1v) is 9.54. The van der Waals surface area contributed by atoms with E-state index in [9.17, 15) is 14.4 Å². The minimum Gasteiger partial charge on any atom is -0.450 e. The number of hydrogen-bond donors (Lipinski definition) is 1. The Morgan fingerprint density at radius 2 is 1.78 bits per heavy atom. The SMILES string of the molecule is CCOC(=O)N1CCN(C(=O)C2(C(=O)Nc3ccc(C)c(Cl)c3)CC2)CC1. The molecule has 1 N–H and O–H groups in total. The van der Waals surface area contributed by atoms with E-state index in [0.29, 0.717) is 56.3 Å². The molecule has 1 saturated carbocycles. The van der Waals surface area contributed by atoms with Gasteiger partial charge in [0.2, 0.25) is 11.8 Å². The first kappa shape index (κ1) is 19.5. The van der Waals surface area contributed by atoms with Crippen LogP contribution in [0.15, 0.2) is 18.2 Å². The van der Waals surface area contributed by atoms with Crippen LogP contribution in [-0.2, 0) is 14.3 Å². The number of benzene rings is 1. The van der Waals surface area contributed by atoms with Gasteiger partial charge < -0.3 is 19.9 Å². The van der Waals surface area contributed by atoms with Crippen LogP contribution in [0.1, 0.15) is 25.3 Å². The molecule has 2 fully saturated rings. The summed E-state index contributed by atoms with van der Waals surface area (Å²) in [6, 6.07) is 5.29. The first-order chi connectivity index (χ1) is 12.9. The molecule has 0 aromatic heterocycles. The first-order valence-electron chi connectivity index (χ1n) is 9.16. The second-order valence-electron chi connectivity index (χ2n) is 6.98. The topological polar surface area (TPSA) is 79.0 Å². The number of rotatable bonds is 4. The molecule has 1 aliphatic carbocycles. The molecule has 27 heavy (non-hydrogen) atoms. The van der Waals surface area contributed by atoms with Crippen molar-refractivity contribution in [3.8, 4) is 0 Å². The lowest BCUT2D eigenvalue weighted by molar-refractivity contribution is -0.143. The third-order valence-electron chi connectivity index (χ3n) is 5.12. The molecule has 0 radical (unpaired) electrons. The van der Waals surface area contributed by atoms with Crippen molar-refractivity contribution in [2.24, 2.45) is 5.41 Å². The fourth-order valence-corrected chi connectivity index (χ4v) is 3.37. The lowest BCUT2D eigenvalue weighted by atomic mass is 10.0. The Labute approximate surface area is 163 Å². The normalized spacial score (nSPS) is 18.0. The quantitative estimate of drug-likeness (QED) is 0.797. The monoisotopic (exact) mass is 393 g/mol. The third-order valence-corrected chi connectivity index (χ3v) is 5.52. The summed E-state index contributed by atoms with van der Waals surface area (Å²) in [6.45, 7) is 5.60. The number of amides is 3. The minimum atomic E-state index is -0.997. The van der Waals surface area contributed by atoms with E-state index in [1.807, 2.05) is 13.0 Å². The van der Waals surface area contributed by atoms with Gasteiger partial charge in [-0.3, -0.25) is 9.59 Å². The van der Waals surface area contributed by atoms with Gasteiger partial charge in [0.15, 0.2) is 0 Å². The molecule has 1 saturated heterocycles. The van der Waals surface area contributed by atoms with Gasteiger partial charge in [0.25, 0.3) is 0 Å². The molecule has 0 unspecified atom stereocenters. The maximum absolute atomic E-state index is 12.9. The smallest absolute Gasteiger partial charge is 0.409 e. The van der Waals surface area contributed by atoms with E-state index in [-0.39, 0.29) is 17.9 Å². The molecule has 2 aliphatic rings. The van der Waals surface area contributed by atoms with E-state index in [0.717, 1.165) is 5.56 Å². The number of carbonyl (C=O) groups is 3. The van der Waals surface area contributed by atoms with Crippen LogP contribution >= 0.6 is 11.6 Å². The number of ether oxygens (including phenoxy) is 1. The predicted molar refractivity (Wildman–Crippen MR) is 102 cm³/mol. The molecule has 1 aromatic carbocycles. The Morgan fingerprint density at radius 1 is 1.15 bits per heavy atom. The molecule has 3 amide bonds. The second kappa shape index (κ2) is 7.76. The zero-order valence-corrected chi connectivity index (χ0v) is 16.3. The largest absolute Gasteiger partial charge is 0.450 e. The van der Waals surface area contributed by atoms with Crippen LogP contribution in [0.5, 0.6) is 0 Å². The average molecular weight is 394 g/mol. The van der Waals surface area contributed by atoms with Crippen molar-refractivity contribution in [3.63, 3.8) is 0 Å². The fourth-order valence-electron chi connectivity index (χ4n) is 3.19. The van der Waals surface area contributed by atoms with Gasteiger partial charge in [-0.25, -0.2) is 4.79 Å². The van der Waals surface area contributed by atoms with E-state index in [2.05, 4.69) is 5.32 Å². The van der Waals surface area contributed by atoms with Crippen LogP contribution < -0.4 is 5.32 Å².